The van der Waals surface area contributed by atoms with E-state index < -0.39 is 0 Å². The first-order valence-electron chi connectivity index (χ1n) is 9.85. The van der Waals surface area contributed by atoms with Crippen molar-refractivity contribution in [1.29, 1.82) is 0 Å². The Morgan fingerprint density at radius 1 is 0.923 bits per heavy atom. The van der Waals surface area contributed by atoms with Gasteiger partial charge in [-0.3, -0.25) is 14.4 Å². The highest BCUT2D eigenvalue weighted by atomic mass is 15.3. The number of para-hydroxylation sites is 2. The van der Waals surface area contributed by atoms with Crippen LogP contribution in [0.3, 0.4) is 0 Å². The van der Waals surface area contributed by atoms with Gasteiger partial charge < -0.3 is 0 Å². The Morgan fingerprint density at radius 3 is 2.58 bits per heavy atom. The predicted octanol–water partition coefficient (Wildman–Crippen LogP) is 3.70. The van der Waals surface area contributed by atoms with Crippen LogP contribution in [0.2, 0.25) is 0 Å². The van der Waals surface area contributed by atoms with E-state index in [9.17, 15) is 0 Å². The molecule has 3 aromatic rings. The first-order chi connectivity index (χ1) is 12.9. The average Bonchev–Trinajstić information content (AvgIpc) is 3.43. The Hall–Kier alpha value is -2.17. The summed E-state index contributed by atoms with van der Waals surface area (Å²) in [6.45, 7) is 6.15. The minimum absolute atomic E-state index is 0.786. The fourth-order valence-corrected chi connectivity index (χ4v) is 4.55. The predicted molar refractivity (Wildman–Crippen MR) is 106 cm³/mol. The lowest BCUT2D eigenvalue weighted by Gasteiger charge is -2.23. The molecule has 5 rings (SSSR count). The number of imidazole rings is 1. The van der Waals surface area contributed by atoms with Gasteiger partial charge in [-0.2, -0.15) is 0 Å². The van der Waals surface area contributed by atoms with Crippen LogP contribution in [0.5, 0.6) is 0 Å². The second-order valence-electron chi connectivity index (χ2n) is 7.69. The number of likely N-dealkylation sites (tertiary alicyclic amines) is 2. The summed E-state index contributed by atoms with van der Waals surface area (Å²) in [5, 5.41) is 0. The lowest BCUT2D eigenvalue weighted by Crippen LogP contribution is -2.35. The quantitative estimate of drug-likeness (QED) is 0.720. The van der Waals surface area contributed by atoms with Crippen LogP contribution in [-0.2, 0) is 6.54 Å². The molecule has 2 aliphatic rings. The molecule has 0 unspecified atom stereocenters. The molecule has 0 saturated carbocycles. The molecule has 4 nitrogen and oxygen atoms in total. The van der Waals surface area contributed by atoms with Crippen LogP contribution < -0.4 is 0 Å². The van der Waals surface area contributed by atoms with Crippen molar-refractivity contribution < 1.29 is 0 Å². The zero-order valence-electron chi connectivity index (χ0n) is 15.2. The molecule has 0 radical (unpaired) electrons. The Kier molecular flexibility index (Phi) is 4.23. The summed E-state index contributed by atoms with van der Waals surface area (Å²) in [6, 6.07) is 18.1. The van der Waals surface area contributed by atoms with Crippen molar-refractivity contribution in [2.75, 3.05) is 26.2 Å². The Labute approximate surface area is 155 Å². The SMILES string of the molecule is c1ccc2c(c1)ncn2-c1ccc(CN2CC[C@H](N3CCCC3)C2)cc1. The third kappa shape index (κ3) is 3.04. The largest absolute Gasteiger partial charge is 0.299 e. The van der Waals surface area contributed by atoms with Crippen LogP contribution >= 0.6 is 0 Å². The highest BCUT2D eigenvalue weighted by Gasteiger charge is 2.28. The van der Waals surface area contributed by atoms with Gasteiger partial charge in [-0.15, -0.1) is 0 Å². The van der Waals surface area contributed by atoms with Crippen molar-refractivity contribution >= 4 is 11.0 Å². The topological polar surface area (TPSA) is 24.3 Å². The van der Waals surface area contributed by atoms with Crippen LogP contribution in [0.4, 0.5) is 0 Å². The van der Waals surface area contributed by atoms with Crippen LogP contribution in [0.1, 0.15) is 24.8 Å². The van der Waals surface area contributed by atoms with Crippen molar-refractivity contribution in [2.45, 2.75) is 31.8 Å². The Morgan fingerprint density at radius 2 is 1.73 bits per heavy atom. The first kappa shape index (κ1) is 16.0. The molecule has 4 heteroatoms. The van der Waals surface area contributed by atoms with Crippen molar-refractivity contribution in [3.05, 3.63) is 60.4 Å². The van der Waals surface area contributed by atoms with Gasteiger partial charge in [-0.25, -0.2) is 4.98 Å². The molecule has 134 valence electrons. The lowest BCUT2D eigenvalue weighted by atomic mass is 10.2. The summed E-state index contributed by atoms with van der Waals surface area (Å²) in [4.78, 5) is 9.81. The second-order valence-corrected chi connectivity index (χ2v) is 7.69. The highest BCUT2D eigenvalue weighted by Crippen LogP contribution is 2.23. The Bertz CT molecular complexity index is 877. The number of hydrogen-bond acceptors (Lipinski definition) is 3. The number of fused-ring (bicyclic) bond motifs is 1. The molecule has 2 saturated heterocycles. The normalized spacial score (nSPS) is 21.8. The average molecular weight is 346 g/mol. The molecule has 0 N–H and O–H groups in total. The minimum atomic E-state index is 0.786. The molecule has 3 heterocycles. The third-order valence-corrected chi connectivity index (χ3v) is 5.98. The maximum atomic E-state index is 4.50. The molecule has 2 aromatic carbocycles. The zero-order chi connectivity index (χ0) is 17.3. The Balaban J connectivity index is 1.27. The molecule has 26 heavy (non-hydrogen) atoms. The third-order valence-electron chi connectivity index (χ3n) is 5.98. The summed E-state index contributed by atoms with van der Waals surface area (Å²) in [5.74, 6) is 0. The summed E-state index contributed by atoms with van der Waals surface area (Å²) in [6.07, 6.45) is 6.03. The van der Waals surface area contributed by atoms with E-state index in [1.165, 1.54) is 56.7 Å². The fraction of sp³-hybridized carbons (Fsp3) is 0.409. The molecule has 2 fully saturated rings. The molecule has 1 atom stereocenters. The molecule has 1 aromatic heterocycles. The monoisotopic (exact) mass is 346 g/mol. The highest BCUT2D eigenvalue weighted by molar-refractivity contribution is 5.77. The summed E-state index contributed by atoms with van der Waals surface area (Å²) in [7, 11) is 0. The zero-order valence-corrected chi connectivity index (χ0v) is 15.2. The molecular formula is C22H26N4. The standard InChI is InChI=1S/C22H26N4/c1-2-6-22-21(5-1)23-17-26(22)19-9-7-18(8-10-19)15-24-14-11-20(16-24)25-12-3-4-13-25/h1-2,5-10,17,20H,3-4,11-16H2/t20-/m0/s1. The van der Waals surface area contributed by atoms with E-state index in [4.69, 9.17) is 0 Å². The molecule has 0 amide bonds. The van der Waals surface area contributed by atoms with Gasteiger partial charge in [0.15, 0.2) is 0 Å². The van der Waals surface area contributed by atoms with Crippen LogP contribution in [0, 0.1) is 0 Å². The summed E-state index contributed by atoms with van der Waals surface area (Å²) in [5.41, 5.74) is 4.79. The van der Waals surface area contributed by atoms with E-state index in [0.717, 1.165) is 23.6 Å². The van der Waals surface area contributed by atoms with Crippen molar-refractivity contribution in [3.63, 3.8) is 0 Å². The van der Waals surface area contributed by atoms with Gasteiger partial charge in [0.1, 0.15) is 6.33 Å². The van der Waals surface area contributed by atoms with E-state index in [-0.39, 0.29) is 0 Å². The van der Waals surface area contributed by atoms with Crippen LogP contribution in [-0.4, -0.2) is 51.6 Å². The van der Waals surface area contributed by atoms with Gasteiger partial charge in [0.2, 0.25) is 0 Å². The fourth-order valence-electron chi connectivity index (χ4n) is 4.55. The summed E-state index contributed by atoms with van der Waals surface area (Å²) < 4.78 is 2.17. The van der Waals surface area contributed by atoms with Gasteiger partial charge in [-0.05, 0) is 62.2 Å². The van der Waals surface area contributed by atoms with Crippen molar-refractivity contribution in [2.24, 2.45) is 0 Å². The second kappa shape index (κ2) is 6.86. The molecule has 0 spiro atoms. The number of aromatic nitrogens is 2. The van der Waals surface area contributed by atoms with Crippen LogP contribution in [0.15, 0.2) is 54.9 Å². The number of hydrogen-bond donors (Lipinski definition) is 0. The maximum absolute atomic E-state index is 4.50. The number of rotatable bonds is 4. The van der Waals surface area contributed by atoms with Gasteiger partial charge in [-0.1, -0.05) is 24.3 Å². The van der Waals surface area contributed by atoms with Crippen molar-refractivity contribution in [3.8, 4) is 5.69 Å². The lowest BCUT2D eigenvalue weighted by molar-refractivity contribution is 0.230. The van der Waals surface area contributed by atoms with E-state index in [0.29, 0.717) is 0 Å². The van der Waals surface area contributed by atoms with E-state index >= 15 is 0 Å². The number of nitrogens with zero attached hydrogens (tertiary/aromatic N) is 4. The van der Waals surface area contributed by atoms with E-state index in [1.807, 2.05) is 12.4 Å². The molecule has 0 aliphatic carbocycles. The summed E-state index contributed by atoms with van der Waals surface area (Å²) >= 11 is 0. The van der Waals surface area contributed by atoms with Crippen molar-refractivity contribution in [1.82, 2.24) is 19.4 Å². The molecule has 0 bridgehead atoms. The van der Waals surface area contributed by atoms with Gasteiger partial charge in [0.25, 0.3) is 0 Å². The van der Waals surface area contributed by atoms with Crippen LogP contribution in [0.25, 0.3) is 16.7 Å². The van der Waals surface area contributed by atoms with Gasteiger partial charge >= 0.3 is 0 Å². The van der Waals surface area contributed by atoms with Gasteiger partial charge in [0, 0.05) is 31.4 Å². The maximum Gasteiger partial charge on any atom is 0.100 e. The van der Waals surface area contributed by atoms with Gasteiger partial charge in [0.05, 0.1) is 11.0 Å². The smallest absolute Gasteiger partial charge is 0.100 e. The first-order valence-corrected chi connectivity index (χ1v) is 9.85. The number of benzene rings is 2. The minimum Gasteiger partial charge on any atom is -0.299 e. The molecule has 2 aliphatic heterocycles. The van der Waals surface area contributed by atoms with E-state index in [1.54, 1.807) is 0 Å². The molecular weight excluding hydrogens is 320 g/mol. The van der Waals surface area contributed by atoms with E-state index in [2.05, 4.69) is 61.8 Å².